The second-order valence-corrected chi connectivity index (χ2v) is 8.09. The fourth-order valence-electron chi connectivity index (χ4n) is 4.99. The summed E-state index contributed by atoms with van der Waals surface area (Å²) >= 11 is 0. The number of carbonyl (C=O) groups excluding carboxylic acids is 1. The standard InChI is InChI=1S/C18H31N3O2.2ClH/c22-18(11-15-9-16-1-2-17(10-15)19-16)21-6-4-20(5-7-21)12-14-3-8-23-13-14;;/h14-17,19H,1-13H2;2*1H. The van der Waals surface area contributed by atoms with Crippen LogP contribution in [-0.2, 0) is 9.53 Å². The molecule has 0 aromatic rings. The summed E-state index contributed by atoms with van der Waals surface area (Å²) < 4.78 is 5.47. The van der Waals surface area contributed by atoms with Crippen molar-refractivity contribution in [1.29, 1.82) is 0 Å². The normalized spacial score (nSPS) is 35.1. The summed E-state index contributed by atoms with van der Waals surface area (Å²) in [4.78, 5) is 17.3. The highest BCUT2D eigenvalue weighted by Crippen LogP contribution is 2.33. The number of amides is 1. The summed E-state index contributed by atoms with van der Waals surface area (Å²) in [6.45, 7) is 6.94. The monoisotopic (exact) mass is 393 g/mol. The van der Waals surface area contributed by atoms with E-state index in [4.69, 9.17) is 4.74 Å². The molecule has 0 aromatic heterocycles. The van der Waals surface area contributed by atoms with Crippen LogP contribution in [0.25, 0.3) is 0 Å². The molecule has 0 aliphatic carbocycles. The Hall–Kier alpha value is -0.0700. The van der Waals surface area contributed by atoms with E-state index in [0.717, 1.165) is 52.4 Å². The van der Waals surface area contributed by atoms with Crippen molar-refractivity contribution in [3.63, 3.8) is 0 Å². The van der Waals surface area contributed by atoms with Gasteiger partial charge in [-0.3, -0.25) is 9.69 Å². The van der Waals surface area contributed by atoms with Gasteiger partial charge in [-0.2, -0.15) is 0 Å². The average molecular weight is 394 g/mol. The first kappa shape index (κ1) is 21.2. The Balaban J connectivity index is 0.00000113. The third kappa shape index (κ3) is 5.46. The van der Waals surface area contributed by atoms with Gasteiger partial charge in [-0.15, -0.1) is 24.8 Å². The minimum atomic E-state index is 0. The molecule has 0 radical (unpaired) electrons. The van der Waals surface area contributed by atoms with Gasteiger partial charge >= 0.3 is 0 Å². The van der Waals surface area contributed by atoms with Gasteiger partial charge in [0.25, 0.3) is 0 Å². The van der Waals surface area contributed by atoms with E-state index in [2.05, 4.69) is 15.1 Å². The van der Waals surface area contributed by atoms with Crippen molar-refractivity contribution in [2.24, 2.45) is 11.8 Å². The minimum Gasteiger partial charge on any atom is -0.381 e. The predicted octanol–water partition coefficient (Wildman–Crippen LogP) is 1.93. The number of piperidine rings is 1. The first-order valence-corrected chi connectivity index (χ1v) is 9.60. The molecule has 3 unspecified atom stereocenters. The molecule has 3 atom stereocenters. The fourth-order valence-corrected chi connectivity index (χ4v) is 4.99. The van der Waals surface area contributed by atoms with Crippen molar-refractivity contribution in [3.8, 4) is 0 Å². The van der Waals surface area contributed by atoms with Crippen LogP contribution in [0.5, 0.6) is 0 Å². The van der Waals surface area contributed by atoms with E-state index in [9.17, 15) is 4.79 Å². The van der Waals surface area contributed by atoms with Crippen molar-refractivity contribution >= 4 is 30.7 Å². The molecular weight excluding hydrogens is 361 g/mol. The fraction of sp³-hybridized carbons (Fsp3) is 0.944. The van der Waals surface area contributed by atoms with Crippen molar-refractivity contribution in [2.45, 2.75) is 50.6 Å². The van der Waals surface area contributed by atoms with Crippen molar-refractivity contribution in [1.82, 2.24) is 15.1 Å². The molecule has 4 heterocycles. The molecule has 146 valence electrons. The van der Waals surface area contributed by atoms with Gasteiger partial charge in [-0.05, 0) is 43.9 Å². The van der Waals surface area contributed by atoms with Gasteiger partial charge in [0.15, 0.2) is 0 Å². The van der Waals surface area contributed by atoms with Crippen LogP contribution >= 0.6 is 24.8 Å². The topological polar surface area (TPSA) is 44.8 Å². The number of fused-ring (bicyclic) bond motifs is 2. The third-order valence-corrected chi connectivity index (χ3v) is 6.30. The van der Waals surface area contributed by atoms with Gasteiger partial charge in [0.05, 0.1) is 6.61 Å². The molecule has 0 spiro atoms. The lowest BCUT2D eigenvalue weighted by atomic mass is 9.89. The highest BCUT2D eigenvalue weighted by molar-refractivity contribution is 5.85. The molecule has 1 N–H and O–H groups in total. The second-order valence-electron chi connectivity index (χ2n) is 8.09. The zero-order valence-electron chi connectivity index (χ0n) is 15.0. The number of nitrogens with zero attached hydrogens (tertiary/aromatic N) is 2. The molecule has 25 heavy (non-hydrogen) atoms. The molecule has 4 saturated heterocycles. The van der Waals surface area contributed by atoms with Gasteiger partial charge in [0, 0.05) is 57.8 Å². The van der Waals surface area contributed by atoms with E-state index in [1.54, 1.807) is 0 Å². The Kier molecular flexibility index (Phi) is 8.28. The van der Waals surface area contributed by atoms with Crippen LogP contribution < -0.4 is 5.32 Å². The molecule has 0 aromatic carbocycles. The number of halogens is 2. The smallest absolute Gasteiger partial charge is 0.222 e. The number of carbonyl (C=O) groups is 1. The molecule has 4 aliphatic heterocycles. The lowest BCUT2D eigenvalue weighted by Gasteiger charge is -2.37. The Morgan fingerprint density at radius 3 is 2.24 bits per heavy atom. The molecule has 0 saturated carbocycles. The quantitative estimate of drug-likeness (QED) is 0.792. The van der Waals surface area contributed by atoms with E-state index in [1.807, 2.05) is 0 Å². The molecule has 1 amide bonds. The number of hydrogen-bond acceptors (Lipinski definition) is 4. The molecule has 4 fully saturated rings. The van der Waals surface area contributed by atoms with Crippen molar-refractivity contribution < 1.29 is 9.53 Å². The summed E-state index contributed by atoms with van der Waals surface area (Å²) in [5.41, 5.74) is 0. The van der Waals surface area contributed by atoms with Gasteiger partial charge in [0.1, 0.15) is 0 Å². The van der Waals surface area contributed by atoms with Crippen LogP contribution in [0.2, 0.25) is 0 Å². The summed E-state index contributed by atoms with van der Waals surface area (Å²) in [6, 6.07) is 1.38. The van der Waals surface area contributed by atoms with Crippen LogP contribution in [0.4, 0.5) is 0 Å². The Morgan fingerprint density at radius 2 is 1.64 bits per heavy atom. The number of ether oxygens (including phenoxy) is 1. The molecule has 2 bridgehead atoms. The molecule has 4 rings (SSSR count). The summed E-state index contributed by atoms with van der Waals surface area (Å²) in [7, 11) is 0. The van der Waals surface area contributed by atoms with Gasteiger partial charge in [-0.25, -0.2) is 0 Å². The lowest BCUT2D eigenvalue weighted by molar-refractivity contribution is -0.134. The van der Waals surface area contributed by atoms with E-state index in [0.29, 0.717) is 29.8 Å². The Labute approximate surface area is 164 Å². The van der Waals surface area contributed by atoms with Crippen LogP contribution in [-0.4, -0.2) is 73.7 Å². The lowest BCUT2D eigenvalue weighted by Crippen LogP contribution is -2.50. The molecule has 4 aliphatic rings. The zero-order valence-corrected chi connectivity index (χ0v) is 16.7. The van der Waals surface area contributed by atoms with Gasteiger partial charge in [-0.1, -0.05) is 0 Å². The largest absolute Gasteiger partial charge is 0.381 e. The highest BCUT2D eigenvalue weighted by atomic mass is 35.5. The number of rotatable bonds is 4. The zero-order chi connectivity index (χ0) is 15.6. The van der Waals surface area contributed by atoms with Crippen LogP contribution in [0.1, 0.15) is 38.5 Å². The summed E-state index contributed by atoms with van der Waals surface area (Å²) in [5.74, 6) is 1.73. The highest BCUT2D eigenvalue weighted by Gasteiger charge is 2.35. The number of piperazine rings is 1. The maximum Gasteiger partial charge on any atom is 0.222 e. The number of nitrogens with one attached hydrogen (secondary N) is 1. The SMILES string of the molecule is Cl.Cl.O=C(CC1CC2CCC(C1)N2)N1CCN(CC2CCOC2)CC1. The maximum atomic E-state index is 12.6. The Morgan fingerprint density at radius 1 is 0.960 bits per heavy atom. The van der Waals surface area contributed by atoms with Crippen LogP contribution in [0.3, 0.4) is 0 Å². The molecule has 7 heteroatoms. The molecule has 5 nitrogen and oxygen atoms in total. The van der Waals surface area contributed by atoms with Crippen molar-refractivity contribution in [2.75, 3.05) is 45.9 Å². The van der Waals surface area contributed by atoms with E-state index in [-0.39, 0.29) is 24.8 Å². The van der Waals surface area contributed by atoms with E-state index < -0.39 is 0 Å². The summed E-state index contributed by atoms with van der Waals surface area (Å²) in [5, 5.41) is 3.67. The maximum absolute atomic E-state index is 12.6. The Bertz CT molecular complexity index is 415. The first-order valence-electron chi connectivity index (χ1n) is 9.60. The van der Waals surface area contributed by atoms with Crippen LogP contribution in [0.15, 0.2) is 0 Å². The van der Waals surface area contributed by atoms with E-state index in [1.165, 1.54) is 32.1 Å². The first-order chi connectivity index (χ1) is 11.3. The summed E-state index contributed by atoms with van der Waals surface area (Å²) in [6.07, 6.45) is 7.05. The number of hydrogen-bond donors (Lipinski definition) is 1. The van der Waals surface area contributed by atoms with E-state index >= 15 is 0 Å². The van der Waals surface area contributed by atoms with Gasteiger partial charge in [0.2, 0.25) is 5.91 Å². The molecular formula is C18H33Cl2N3O2. The second kappa shape index (κ2) is 9.75. The van der Waals surface area contributed by atoms with Crippen molar-refractivity contribution in [3.05, 3.63) is 0 Å². The van der Waals surface area contributed by atoms with Crippen LogP contribution in [0, 0.1) is 11.8 Å². The third-order valence-electron chi connectivity index (χ3n) is 6.30. The minimum absolute atomic E-state index is 0. The van der Waals surface area contributed by atoms with Gasteiger partial charge < -0.3 is 15.0 Å². The average Bonchev–Trinajstić information content (AvgIpc) is 3.18. The predicted molar refractivity (Wildman–Crippen MR) is 104 cm³/mol.